The lowest BCUT2D eigenvalue weighted by molar-refractivity contribution is 0.0467. The van der Waals surface area contributed by atoms with Crippen molar-refractivity contribution >= 4 is 0 Å². The quantitative estimate of drug-likeness (QED) is 0.461. The van der Waals surface area contributed by atoms with Crippen LogP contribution in [0.4, 0.5) is 8.78 Å². The molecule has 0 amide bonds. The van der Waals surface area contributed by atoms with Crippen molar-refractivity contribution in [2.24, 2.45) is 5.92 Å². The maximum atomic E-state index is 11.4. The SMILES string of the molecule is FC(F)C1C[N]C1. The molecule has 0 aromatic carbocycles. The molecule has 3 heteroatoms. The van der Waals surface area contributed by atoms with E-state index in [1.165, 1.54) is 0 Å². The molecule has 0 aliphatic carbocycles. The zero-order valence-electron chi connectivity index (χ0n) is 3.77. The highest BCUT2D eigenvalue weighted by molar-refractivity contribution is 4.75. The van der Waals surface area contributed by atoms with Gasteiger partial charge in [-0.3, -0.25) is 0 Å². The van der Waals surface area contributed by atoms with Gasteiger partial charge in [0.05, 0.1) is 0 Å². The molecule has 1 nitrogen and oxygen atoms in total. The van der Waals surface area contributed by atoms with E-state index >= 15 is 0 Å². The predicted octanol–water partition coefficient (Wildman–Crippen LogP) is 0.486. The Bertz CT molecular complexity index is 60.7. The average molecular weight is 106 g/mol. The first-order chi connectivity index (χ1) is 3.30. The van der Waals surface area contributed by atoms with E-state index < -0.39 is 12.3 Å². The maximum absolute atomic E-state index is 11.4. The summed E-state index contributed by atoms with van der Waals surface area (Å²) in [5.74, 6) is -0.417. The highest BCUT2D eigenvalue weighted by Gasteiger charge is 2.27. The molecule has 1 saturated heterocycles. The van der Waals surface area contributed by atoms with Gasteiger partial charge in [-0.25, -0.2) is 14.1 Å². The van der Waals surface area contributed by atoms with Crippen LogP contribution in [0.15, 0.2) is 0 Å². The summed E-state index contributed by atoms with van der Waals surface area (Å²) in [6, 6.07) is 0. The number of nitrogens with zero attached hydrogens (tertiary/aromatic N) is 1. The van der Waals surface area contributed by atoms with Crippen LogP contribution in [-0.4, -0.2) is 19.5 Å². The van der Waals surface area contributed by atoms with Gasteiger partial charge in [0, 0.05) is 19.0 Å². The van der Waals surface area contributed by atoms with Crippen molar-refractivity contribution in [1.82, 2.24) is 5.32 Å². The molecule has 0 aromatic rings. The third-order valence-electron chi connectivity index (χ3n) is 1.08. The molecule has 1 heterocycles. The lowest BCUT2D eigenvalue weighted by atomic mass is 10.1. The maximum Gasteiger partial charge on any atom is 0.243 e. The molecule has 41 valence electrons. The van der Waals surface area contributed by atoms with E-state index in [4.69, 9.17) is 0 Å². The fourth-order valence-corrected chi connectivity index (χ4v) is 0.438. The fourth-order valence-electron chi connectivity index (χ4n) is 0.438. The van der Waals surface area contributed by atoms with Crippen LogP contribution < -0.4 is 5.32 Å². The Balaban J connectivity index is 2.14. The zero-order valence-corrected chi connectivity index (χ0v) is 3.77. The van der Waals surface area contributed by atoms with Gasteiger partial charge in [-0.05, 0) is 0 Å². The smallest absolute Gasteiger partial charge is 0.241 e. The van der Waals surface area contributed by atoms with E-state index in [-0.39, 0.29) is 0 Å². The normalized spacial score (nSPS) is 22.7. The number of hydrogen-bond donors (Lipinski definition) is 0. The number of rotatable bonds is 1. The van der Waals surface area contributed by atoms with E-state index in [9.17, 15) is 8.78 Å². The summed E-state index contributed by atoms with van der Waals surface area (Å²) in [4.78, 5) is 0. The molecule has 1 aliphatic rings. The van der Waals surface area contributed by atoms with E-state index in [1.807, 2.05) is 0 Å². The Morgan fingerprint density at radius 2 is 2.00 bits per heavy atom. The minimum Gasteiger partial charge on any atom is -0.241 e. The summed E-state index contributed by atoms with van der Waals surface area (Å²) in [5, 5.41) is 3.64. The monoisotopic (exact) mass is 106 g/mol. The van der Waals surface area contributed by atoms with Crippen LogP contribution in [0, 0.1) is 5.92 Å². The van der Waals surface area contributed by atoms with Crippen molar-refractivity contribution in [3.05, 3.63) is 0 Å². The molecule has 0 saturated carbocycles. The molecule has 1 rings (SSSR count). The molecule has 0 N–H and O–H groups in total. The van der Waals surface area contributed by atoms with Gasteiger partial charge in [0.2, 0.25) is 6.43 Å². The molecule has 1 aliphatic heterocycles. The van der Waals surface area contributed by atoms with Crippen LogP contribution in [0.5, 0.6) is 0 Å². The van der Waals surface area contributed by atoms with Crippen molar-refractivity contribution in [1.29, 1.82) is 0 Å². The topological polar surface area (TPSA) is 14.1 Å². The minimum atomic E-state index is -2.14. The van der Waals surface area contributed by atoms with Crippen LogP contribution in [0.25, 0.3) is 0 Å². The molecule has 1 radical (unpaired) electrons. The molecular weight excluding hydrogens is 100 g/mol. The van der Waals surface area contributed by atoms with Gasteiger partial charge in [-0.1, -0.05) is 0 Å². The first-order valence-corrected chi connectivity index (χ1v) is 2.22. The molecule has 0 atom stereocenters. The molecule has 0 unspecified atom stereocenters. The van der Waals surface area contributed by atoms with Gasteiger partial charge >= 0.3 is 0 Å². The molecule has 0 bridgehead atoms. The van der Waals surface area contributed by atoms with Crippen LogP contribution >= 0.6 is 0 Å². The van der Waals surface area contributed by atoms with Crippen molar-refractivity contribution in [2.45, 2.75) is 6.43 Å². The van der Waals surface area contributed by atoms with Gasteiger partial charge in [-0.2, -0.15) is 0 Å². The predicted molar refractivity (Wildman–Crippen MR) is 21.4 cm³/mol. The number of alkyl halides is 2. The Labute approximate surface area is 40.7 Å². The van der Waals surface area contributed by atoms with E-state index in [1.54, 1.807) is 0 Å². The second-order valence-corrected chi connectivity index (χ2v) is 1.68. The van der Waals surface area contributed by atoms with Crippen molar-refractivity contribution in [2.75, 3.05) is 13.1 Å². The van der Waals surface area contributed by atoms with Crippen LogP contribution in [0.2, 0.25) is 0 Å². The van der Waals surface area contributed by atoms with Crippen LogP contribution in [0.3, 0.4) is 0 Å². The summed E-state index contributed by atoms with van der Waals surface area (Å²) < 4.78 is 22.8. The third kappa shape index (κ3) is 0.881. The average Bonchev–Trinajstić information content (AvgIpc) is 1.23. The van der Waals surface area contributed by atoms with Crippen molar-refractivity contribution in [3.8, 4) is 0 Å². The Kier molecular flexibility index (Phi) is 1.23. The summed E-state index contributed by atoms with van der Waals surface area (Å²) in [7, 11) is 0. The molecule has 1 fully saturated rings. The van der Waals surface area contributed by atoms with Crippen molar-refractivity contribution in [3.63, 3.8) is 0 Å². The van der Waals surface area contributed by atoms with Gasteiger partial charge in [0.25, 0.3) is 0 Å². The van der Waals surface area contributed by atoms with Crippen molar-refractivity contribution < 1.29 is 8.78 Å². The summed E-state index contributed by atoms with van der Waals surface area (Å²) >= 11 is 0. The van der Waals surface area contributed by atoms with Gasteiger partial charge in [-0.15, -0.1) is 0 Å². The second-order valence-electron chi connectivity index (χ2n) is 1.68. The van der Waals surface area contributed by atoms with E-state index in [0.29, 0.717) is 13.1 Å². The third-order valence-corrected chi connectivity index (χ3v) is 1.08. The minimum absolute atomic E-state index is 0.373. The number of halogens is 2. The zero-order chi connectivity index (χ0) is 5.28. The first-order valence-electron chi connectivity index (χ1n) is 2.22. The molecule has 0 aromatic heterocycles. The highest BCUT2D eigenvalue weighted by atomic mass is 19.3. The first kappa shape index (κ1) is 4.97. The highest BCUT2D eigenvalue weighted by Crippen LogP contribution is 2.13. The molecule has 7 heavy (non-hydrogen) atoms. The van der Waals surface area contributed by atoms with E-state index in [0.717, 1.165) is 0 Å². The lowest BCUT2D eigenvalue weighted by Gasteiger charge is -2.23. The van der Waals surface area contributed by atoms with Gasteiger partial charge in [0.15, 0.2) is 0 Å². The van der Waals surface area contributed by atoms with Gasteiger partial charge in [0.1, 0.15) is 0 Å². The standard InChI is InChI=1S/C4H6F2N/c5-4(6)3-1-7-2-3/h3-4H,1-2H2. The lowest BCUT2D eigenvalue weighted by Crippen LogP contribution is -2.40. The summed E-state index contributed by atoms with van der Waals surface area (Å²) in [6.07, 6.45) is -2.14. The Morgan fingerprint density at radius 3 is 2.00 bits per heavy atom. The summed E-state index contributed by atoms with van der Waals surface area (Å²) in [5.41, 5.74) is 0. The van der Waals surface area contributed by atoms with Crippen LogP contribution in [0.1, 0.15) is 0 Å². The fraction of sp³-hybridized carbons (Fsp3) is 1.00. The Hall–Kier alpha value is -0.180. The van der Waals surface area contributed by atoms with Gasteiger partial charge < -0.3 is 0 Å². The number of hydrogen-bond acceptors (Lipinski definition) is 0. The van der Waals surface area contributed by atoms with Crippen LogP contribution in [-0.2, 0) is 0 Å². The largest absolute Gasteiger partial charge is 0.243 e. The molecular formula is C4H6F2N. The molecule has 0 spiro atoms. The second kappa shape index (κ2) is 1.74. The Morgan fingerprint density at radius 1 is 1.43 bits per heavy atom. The van der Waals surface area contributed by atoms with E-state index in [2.05, 4.69) is 5.32 Å². The summed E-state index contributed by atoms with van der Waals surface area (Å²) in [6.45, 7) is 0.745.